The van der Waals surface area contributed by atoms with Gasteiger partial charge in [0.15, 0.2) is 0 Å². The van der Waals surface area contributed by atoms with E-state index in [1.807, 2.05) is 11.0 Å². The summed E-state index contributed by atoms with van der Waals surface area (Å²) < 4.78 is 13.7. The molecule has 6 heteroatoms. The van der Waals surface area contributed by atoms with E-state index in [1.165, 1.54) is 0 Å². The zero-order chi connectivity index (χ0) is 17.1. The maximum atomic E-state index is 13.7. The van der Waals surface area contributed by atoms with Crippen LogP contribution >= 0.6 is 0 Å². The predicted molar refractivity (Wildman–Crippen MR) is 93.4 cm³/mol. The first-order chi connectivity index (χ1) is 11.6. The van der Waals surface area contributed by atoms with Crippen molar-refractivity contribution in [2.45, 2.75) is 51.1 Å². The van der Waals surface area contributed by atoms with Crippen molar-refractivity contribution in [2.24, 2.45) is 10.7 Å². The van der Waals surface area contributed by atoms with Crippen LogP contribution < -0.4 is 5.73 Å². The highest BCUT2D eigenvalue weighted by atomic mass is 19.1. The van der Waals surface area contributed by atoms with Gasteiger partial charge in [0.05, 0.1) is 12.6 Å². The highest BCUT2D eigenvalue weighted by Crippen LogP contribution is 2.24. The van der Waals surface area contributed by atoms with Crippen molar-refractivity contribution in [1.82, 2.24) is 9.80 Å². The number of halogens is 1. The summed E-state index contributed by atoms with van der Waals surface area (Å²) in [6.07, 6.45) is 6.82. The Labute approximate surface area is 143 Å². The molecule has 0 aromatic carbocycles. The summed E-state index contributed by atoms with van der Waals surface area (Å²) in [4.78, 5) is 21.3. The lowest BCUT2D eigenvalue weighted by Crippen LogP contribution is -2.51. The van der Waals surface area contributed by atoms with Gasteiger partial charge in [-0.3, -0.25) is 9.79 Å². The van der Waals surface area contributed by atoms with Crippen LogP contribution in [0.1, 0.15) is 39.0 Å². The van der Waals surface area contributed by atoms with Crippen LogP contribution in [-0.4, -0.2) is 59.8 Å². The molecule has 3 rings (SSSR count). The first-order valence-corrected chi connectivity index (χ1v) is 8.96. The monoisotopic (exact) mass is 334 g/mol. The Balaban J connectivity index is 1.52. The van der Waals surface area contributed by atoms with Crippen molar-refractivity contribution in [3.63, 3.8) is 0 Å². The minimum absolute atomic E-state index is 0.0468. The predicted octanol–water partition coefficient (Wildman–Crippen LogP) is 2.00. The summed E-state index contributed by atoms with van der Waals surface area (Å²) in [5.41, 5.74) is 6.75. The standard InChI is InChI=1S/C18H27FN4O/c1-2-15-11-22-7-8-23(12-17(22)21-15)18(24)10-14(20)9-13-5-3-4-6-16(13)19/h5-6,14-15H,2-4,7-12,20H2,1H3/t14-,15?/m1/s1. The fourth-order valence-corrected chi connectivity index (χ4v) is 3.56. The molecule has 1 fully saturated rings. The highest BCUT2D eigenvalue weighted by molar-refractivity contribution is 5.91. The molecule has 132 valence electrons. The highest BCUT2D eigenvalue weighted by Gasteiger charge is 2.31. The minimum atomic E-state index is -0.340. The summed E-state index contributed by atoms with van der Waals surface area (Å²) in [5.74, 6) is 0.897. The number of amidine groups is 1. The second-order valence-corrected chi connectivity index (χ2v) is 6.90. The van der Waals surface area contributed by atoms with E-state index in [9.17, 15) is 9.18 Å². The van der Waals surface area contributed by atoms with Gasteiger partial charge in [0, 0.05) is 32.1 Å². The Hall–Kier alpha value is -1.69. The van der Waals surface area contributed by atoms with Crippen LogP contribution in [-0.2, 0) is 4.79 Å². The summed E-state index contributed by atoms with van der Waals surface area (Å²) in [6, 6.07) is 0.0262. The first-order valence-electron chi connectivity index (χ1n) is 8.96. The largest absolute Gasteiger partial charge is 0.355 e. The van der Waals surface area contributed by atoms with Crippen LogP contribution in [0, 0.1) is 0 Å². The maximum absolute atomic E-state index is 13.7. The van der Waals surface area contributed by atoms with E-state index in [4.69, 9.17) is 10.7 Å². The number of hydrogen-bond acceptors (Lipinski definition) is 4. The number of nitrogens with two attached hydrogens (primary N) is 1. The molecule has 0 aromatic rings. The van der Waals surface area contributed by atoms with E-state index in [0.29, 0.717) is 24.6 Å². The number of amides is 1. The quantitative estimate of drug-likeness (QED) is 0.836. The molecular weight excluding hydrogens is 307 g/mol. The van der Waals surface area contributed by atoms with Gasteiger partial charge in [0.1, 0.15) is 11.7 Å². The maximum Gasteiger partial charge on any atom is 0.224 e. The Kier molecular flexibility index (Phi) is 5.33. The van der Waals surface area contributed by atoms with Crippen molar-refractivity contribution < 1.29 is 9.18 Å². The van der Waals surface area contributed by atoms with Gasteiger partial charge in [0.2, 0.25) is 5.91 Å². The number of fused-ring (bicyclic) bond motifs is 1. The smallest absolute Gasteiger partial charge is 0.224 e. The van der Waals surface area contributed by atoms with E-state index in [-0.39, 0.29) is 24.2 Å². The van der Waals surface area contributed by atoms with Gasteiger partial charge in [-0.1, -0.05) is 13.0 Å². The average Bonchev–Trinajstić information content (AvgIpc) is 2.99. The van der Waals surface area contributed by atoms with Crippen LogP contribution in [0.4, 0.5) is 4.39 Å². The van der Waals surface area contributed by atoms with Gasteiger partial charge in [-0.15, -0.1) is 0 Å². The molecule has 1 saturated heterocycles. The Morgan fingerprint density at radius 2 is 2.21 bits per heavy atom. The number of hydrogen-bond donors (Lipinski definition) is 1. The Bertz CT molecular complexity index is 584. The van der Waals surface area contributed by atoms with Gasteiger partial charge in [-0.05, 0) is 37.3 Å². The van der Waals surface area contributed by atoms with E-state index in [0.717, 1.165) is 44.7 Å². The minimum Gasteiger partial charge on any atom is -0.355 e. The van der Waals surface area contributed by atoms with Gasteiger partial charge in [-0.2, -0.15) is 0 Å². The molecule has 2 aliphatic heterocycles. The van der Waals surface area contributed by atoms with Crippen molar-refractivity contribution in [1.29, 1.82) is 0 Å². The molecule has 0 radical (unpaired) electrons. The third kappa shape index (κ3) is 3.86. The number of carbonyl (C=O) groups excluding carboxylic acids is 1. The second kappa shape index (κ2) is 7.47. The van der Waals surface area contributed by atoms with Crippen LogP contribution in [0.3, 0.4) is 0 Å². The summed E-state index contributed by atoms with van der Waals surface area (Å²) in [6.45, 7) is 5.27. The van der Waals surface area contributed by atoms with E-state index in [1.54, 1.807) is 6.08 Å². The van der Waals surface area contributed by atoms with Gasteiger partial charge in [0.25, 0.3) is 0 Å². The fourth-order valence-electron chi connectivity index (χ4n) is 3.56. The topological polar surface area (TPSA) is 61.9 Å². The third-order valence-electron chi connectivity index (χ3n) is 5.03. The first kappa shape index (κ1) is 17.1. The lowest BCUT2D eigenvalue weighted by atomic mass is 9.97. The van der Waals surface area contributed by atoms with Crippen molar-refractivity contribution in [3.8, 4) is 0 Å². The van der Waals surface area contributed by atoms with Gasteiger partial charge >= 0.3 is 0 Å². The van der Waals surface area contributed by atoms with Gasteiger partial charge < -0.3 is 15.5 Å². The molecular formula is C18H27FN4O. The van der Waals surface area contributed by atoms with Crippen LogP contribution in [0.2, 0.25) is 0 Å². The molecule has 0 aromatic heterocycles. The van der Waals surface area contributed by atoms with Crippen molar-refractivity contribution in [3.05, 3.63) is 23.6 Å². The second-order valence-electron chi connectivity index (χ2n) is 6.90. The van der Waals surface area contributed by atoms with E-state index < -0.39 is 0 Å². The van der Waals surface area contributed by atoms with Gasteiger partial charge in [-0.25, -0.2) is 4.39 Å². The molecule has 3 aliphatic rings. The molecule has 5 nitrogen and oxygen atoms in total. The Morgan fingerprint density at radius 3 is 2.96 bits per heavy atom. The third-order valence-corrected chi connectivity index (χ3v) is 5.03. The SMILES string of the molecule is CCC1CN2CCN(C(=O)C[C@H](N)CC3=CCCC=C3F)CC2=N1. The van der Waals surface area contributed by atoms with Crippen LogP contribution in [0.15, 0.2) is 28.5 Å². The summed E-state index contributed by atoms with van der Waals surface area (Å²) >= 11 is 0. The molecule has 2 heterocycles. The molecule has 0 saturated carbocycles. The number of aliphatic imine (C=N–C) groups is 1. The molecule has 2 N–H and O–H groups in total. The molecule has 1 unspecified atom stereocenters. The average molecular weight is 334 g/mol. The summed E-state index contributed by atoms with van der Waals surface area (Å²) in [7, 11) is 0. The lowest BCUT2D eigenvalue weighted by Gasteiger charge is -2.34. The molecule has 1 aliphatic carbocycles. The number of piperazine rings is 1. The number of nitrogens with zero attached hydrogens (tertiary/aromatic N) is 3. The zero-order valence-corrected chi connectivity index (χ0v) is 14.4. The normalized spacial score (nSPS) is 25.0. The Morgan fingerprint density at radius 1 is 1.42 bits per heavy atom. The molecule has 1 amide bonds. The van der Waals surface area contributed by atoms with Crippen LogP contribution in [0.5, 0.6) is 0 Å². The van der Waals surface area contributed by atoms with Crippen LogP contribution in [0.25, 0.3) is 0 Å². The van der Waals surface area contributed by atoms with Crippen molar-refractivity contribution >= 4 is 11.7 Å². The lowest BCUT2D eigenvalue weighted by molar-refractivity contribution is -0.131. The van der Waals surface area contributed by atoms with E-state index >= 15 is 0 Å². The number of carbonyl (C=O) groups is 1. The van der Waals surface area contributed by atoms with E-state index in [2.05, 4.69) is 11.8 Å². The molecule has 0 bridgehead atoms. The molecule has 2 atom stereocenters. The fraction of sp³-hybridized carbons (Fsp3) is 0.667. The zero-order valence-electron chi connectivity index (χ0n) is 14.4. The molecule has 24 heavy (non-hydrogen) atoms. The summed E-state index contributed by atoms with van der Waals surface area (Å²) in [5, 5.41) is 0. The number of rotatable bonds is 5. The van der Waals surface area contributed by atoms with Crippen molar-refractivity contribution in [2.75, 3.05) is 26.2 Å². The number of allylic oxidation sites excluding steroid dienone is 3. The molecule has 0 spiro atoms.